The summed E-state index contributed by atoms with van der Waals surface area (Å²) in [4.78, 5) is 0.363. The van der Waals surface area contributed by atoms with E-state index in [2.05, 4.69) is 19.2 Å². The number of benzene rings is 1. The van der Waals surface area contributed by atoms with Gasteiger partial charge in [-0.1, -0.05) is 0 Å². The van der Waals surface area contributed by atoms with Gasteiger partial charge >= 0.3 is 0 Å². The van der Waals surface area contributed by atoms with Gasteiger partial charge in [0.15, 0.2) is 9.84 Å². The van der Waals surface area contributed by atoms with Crippen molar-refractivity contribution in [1.82, 2.24) is 0 Å². The summed E-state index contributed by atoms with van der Waals surface area (Å²) in [5, 5.41) is 3.48. The lowest BCUT2D eigenvalue weighted by Crippen LogP contribution is -2.31. The van der Waals surface area contributed by atoms with E-state index in [0.29, 0.717) is 23.1 Å². The lowest BCUT2D eigenvalue weighted by atomic mass is 9.92. The van der Waals surface area contributed by atoms with E-state index in [1.54, 1.807) is 12.1 Å². The van der Waals surface area contributed by atoms with E-state index in [1.807, 2.05) is 12.1 Å². The number of nitrogens with one attached hydrogen (secondary N) is 1. The predicted molar refractivity (Wildman–Crippen MR) is 85.4 cm³/mol. The van der Waals surface area contributed by atoms with Gasteiger partial charge in [0.25, 0.3) is 0 Å². The molecule has 0 heterocycles. The number of rotatable bonds is 5. The van der Waals surface area contributed by atoms with E-state index in [4.69, 9.17) is 4.74 Å². The molecule has 0 atom stereocenters. The number of anilines is 1. The van der Waals surface area contributed by atoms with Crippen molar-refractivity contribution in [3.05, 3.63) is 24.3 Å². The van der Waals surface area contributed by atoms with Gasteiger partial charge in [0.2, 0.25) is 0 Å². The maximum absolute atomic E-state index is 11.4. The van der Waals surface area contributed by atoms with Crippen molar-refractivity contribution in [3.63, 3.8) is 0 Å². The van der Waals surface area contributed by atoms with E-state index in [1.165, 1.54) is 6.26 Å². The van der Waals surface area contributed by atoms with Gasteiger partial charge < -0.3 is 10.1 Å². The largest absolute Gasteiger partial charge is 0.382 e. The van der Waals surface area contributed by atoms with Gasteiger partial charge in [-0.3, -0.25) is 0 Å². The van der Waals surface area contributed by atoms with Crippen LogP contribution in [0.1, 0.15) is 39.5 Å². The molecule has 1 aromatic carbocycles. The number of hydrogen-bond acceptors (Lipinski definition) is 4. The number of ether oxygens (including phenoxy) is 1. The quantitative estimate of drug-likeness (QED) is 0.907. The summed E-state index contributed by atoms with van der Waals surface area (Å²) in [6, 6.07) is 7.44. The molecule has 0 aliphatic heterocycles. The highest BCUT2D eigenvalue weighted by atomic mass is 32.2. The Labute approximate surface area is 127 Å². The minimum absolute atomic E-state index is 0.294. The van der Waals surface area contributed by atoms with E-state index >= 15 is 0 Å². The van der Waals surface area contributed by atoms with Crippen molar-refractivity contribution < 1.29 is 13.2 Å². The van der Waals surface area contributed by atoms with Gasteiger partial charge in [0.05, 0.1) is 17.1 Å². The Balaban J connectivity index is 1.86. The zero-order chi connectivity index (χ0) is 15.5. The molecule has 5 heteroatoms. The van der Waals surface area contributed by atoms with Crippen LogP contribution in [0.15, 0.2) is 29.2 Å². The van der Waals surface area contributed by atoms with E-state index < -0.39 is 9.84 Å². The second-order valence-electron chi connectivity index (χ2n) is 6.10. The summed E-state index contributed by atoms with van der Waals surface area (Å²) in [6.07, 6.45) is 6.25. The first-order chi connectivity index (χ1) is 9.84. The molecule has 0 spiro atoms. The topological polar surface area (TPSA) is 55.4 Å². The van der Waals surface area contributed by atoms with Crippen molar-refractivity contribution in [3.8, 4) is 0 Å². The average Bonchev–Trinajstić information content (AvgIpc) is 2.40. The summed E-state index contributed by atoms with van der Waals surface area (Å²) in [5.74, 6) is 0. The summed E-state index contributed by atoms with van der Waals surface area (Å²) in [7, 11) is -3.12. The normalized spacial score (nSPS) is 23.2. The molecule has 0 saturated heterocycles. The molecular formula is C16H25NO3S. The van der Waals surface area contributed by atoms with Crippen LogP contribution in [0.2, 0.25) is 0 Å². The van der Waals surface area contributed by atoms with Crippen LogP contribution >= 0.6 is 0 Å². The molecule has 2 rings (SSSR count). The molecule has 1 N–H and O–H groups in total. The molecule has 1 aliphatic carbocycles. The van der Waals surface area contributed by atoms with Gasteiger partial charge in [-0.2, -0.15) is 0 Å². The maximum Gasteiger partial charge on any atom is 0.175 e. The van der Waals surface area contributed by atoms with Gasteiger partial charge in [0.1, 0.15) is 0 Å². The Hall–Kier alpha value is -1.07. The Bertz CT molecular complexity index is 543. The third kappa shape index (κ3) is 5.00. The van der Waals surface area contributed by atoms with Crippen LogP contribution in [0.4, 0.5) is 5.69 Å². The molecule has 0 aromatic heterocycles. The van der Waals surface area contributed by atoms with Crippen molar-refractivity contribution >= 4 is 15.5 Å². The van der Waals surface area contributed by atoms with Gasteiger partial charge in [-0.15, -0.1) is 0 Å². The Morgan fingerprint density at radius 3 is 2.14 bits per heavy atom. The third-order valence-electron chi connectivity index (χ3n) is 3.79. The van der Waals surface area contributed by atoms with Crippen molar-refractivity contribution in [2.75, 3.05) is 11.6 Å². The number of hydrogen-bond donors (Lipinski definition) is 1. The fraction of sp³-hybridized carbons (Fsp3) is 0.625. The molecule has 0 unspecified atom stereocenters. The minimum atomic E-state index is -3.12. The summed E-state index contributed by atoms with van der Waals surface area (Å²) < 4.78 is 28.7. The molecule has 1 aromatic rings. The maximum atomic E-state index is 11.4. The zero-order valence-electron chi connectivity index (χ0n) is 13.0. The van der Waals surface area contributed by atoms with Gasteiger partial charge in [-0.25, -0.2) is 8.42 Å². The van der Waals surface area contributed by atoms with Crippen LogP contribution in [-0.2, 0) is 14.6 Å². The second kappa shape index (κ2) is 6.79. The Kier molecular flexibility index (Phi) is 5.27. The van der Waals surface area contributed by atoms with Crippen LogP contribution in [0.5, 0.6) is 0 Å². The lowest BCUT2D eigenvalue weighted by Gasteiger charge is -2.30. The predicted octanol–water partition coefficient (Wildman–Crippen LogP) is 3.24. The average molecular weight is 311 g/mol. The van der Waals surface area contributed by atoms with Gasteiger partial charge in [0, 0.05) is 18.0 Å². The molecule has 1 saturated carbocycles. The first-order valence-corrected chi connectivity index (χ1v) is 9.46. The zero-order valence-corrected chi connectivity index (χ0v) is 13.8. The van der Waals surface area contributed by atoms with Crippen LogP contribution < -0.4 is 5.32 Å². The molecule has 1 aliphatic rings. The molecule has 4 nitrogen and oxygen atoms in total. The van der Waals surface area contributed by atoms with E-state index in [9.17, 15) is 8.42 Å². The van der Waals surface area contributed by atoms with Crippen molar-refractivity contribution in [2.24, 2.45) is 0 Å². The van der Waals surface area contributed by atoms with Crippen LogP contribution in [0, 0.1) is 0 Å². The smallest absolute Gasteiger partial charge is 0.175 e. The monoisotopic (exact) mass is 311 g/mol. The second-order valence-corrected chi connectivity index (χ2v) is 8.12. The summed E-state index contributed by atoms with van der Waals surface area (Å²) >= 11 is 0. The minimum Gasteiger partial charge on any atom is -0.382 e. The van der Waals surface area contributed by atoms with Crippen molar-refractivity contribution in [2.45, 2.75) is 62.7 Å². The van der Waals surface area contributed by atoms with Crippen LogP contribution in [0.25, 0.3) is 0 Å². The van der Waals surface area contributed by atoms with Crippen LogP contribution in [-0.4, -0.2) is 32.9 Å². The Morgan fingerprint density at radius 1 is 1.10 bits per heavy atom. The molecule has 0 bridgehead atoms. The highest BCUT2D eigenvalue weighted by Gasteiger charge is 2.22. The Morgan fingerprint density at radius 2 is 1.67 bits per heavy atom. The standard InChI is InChI=1S/C16H25NO3S/c1-12(2)20-15-8-4-13(5-9-15)17-14-6-10-16(11-7-14)21(3,18)19/h6-7,10-13,15,17H,4-5,8-9H2,1-3H3. The third-order valence-corrected chi connectivity index (χ3v) is 4.92. The fourth-order valence-corrected chi connectivity index (χ4v) is 3.39. The van der Waals surface area contributed by atoms with E-state index in [0.717, 1.165) is 31.4 Å². The molecule has 1 fully saturated rings. The molecule has 21 heavy (non-hydrogen) atoms. The van der Waals surface area contributed by atoms with E-state index in [-0.39, 0.29) is 0 Å². The first kappa shape index (κ1) is 16.3. The van der Waals surface area contributed by atoms with Crippen LogP contribution in [0.3, 0.4) is 0 Å². The fourth-order valence-electron chi connectivity index (χ4n) is 2.76. The molecular weight excluding hydrogens is 286 g/mol. The highest BCUT2D eigenvalue weighted by Crippen LogP contribution is 2.25. The number of sulfone groups is 1. The first-order valence-electron chi connectivity index (χ1n) is 7.56. The summed E-state index contributed by atoms with van der Waals surface area (Å²) in [6.45, 7) is 4.15. The highest BCUT2D eigenvalue weighted by molar-refractivity contribution is 7.90. The lowest BCUT2D eigenvalue weighted by molar-refractivity contribution is -0.0133. The molecule has 0 amide bonds. The van der Waals surface area contributed by atoms with Gasteiger partial charge in [-0.05, 0) is 63.8 Å². The van der Waals surface area contributed by atoms with Crippen molar-refractivity contribution in [1.29, 1.82) is 0 Å². The SMILES string of the molecule is CC(C)OC1CCC(Nc2ccc(S(C)(=O)=O)cc2)CC1. The summed E-state index contributed by atoms with van der Waals surface area (Å²) in [5.41, 5.74) is 0.982. The molecule has 118 valence electrons. The molecule has 0 radical (unpaired) electrons.